The van der Waals surface area contributed by atoms with Crippen LogP contribution >= 0.6 is 23.2 Å². The van der Waals surface area contributed by atoms with Gasteiger partial charge in [-0.25, -0.2) is 18.0 Å². The molecule has 13 nitrogen and oxygen atoms in total. The Morgan fingerprint density at radius 2 is 1.52 bits per heavy atom. The van der Waals surface area contributed by atoms with Crippen molar-refractivity contribution in [1.82, 2.24) is 10.2 Å². The summed E-state index contributed by atoms with van der Waals surface area (Å²) in [7, 11) is -2.43. The molecule has 1 unspecified atom stereocenters. The summed E-state index contributed by atoms with van der Waals surface area (Å²) in [6.45, 7) is 0.323. The molecule has 0 fully saturated rings. The predicted molar refractivity (Wildman–Crippen MR) is 229 cm³/mol. The number of primary amides is 1. The summed E-state index contributed by atoms with van der Waals surface area (Å²) >= 11 is 12.6. The molecule has 0 aromatic heterocycles. The molecule has 0 radical (unpaired) electrons. The number of unbranched alkanes of at least 4 members (excludes halogenated alkanes) is 1. The van der Waals surface area contributed by atoms with Crippen molar-refractivity contribution in [3.05, 3.63) is 112 Å². The number of halogens is 8. The van der Waals surface area contributed by atoms with Crippen LogP contribution in [0.2, 0.25) is 10.0 Å². The number of hydrazone groups is 1. The van der Waals surface area contributed by atoms with Crippen molar-refractivity contribution in [1.29, 1.82) is 0 Å². The van der Waals surface area contributed by atoms with E-state index in [0.717, 1.165) is 5.01 Å². The Labute approximate surface area is 374 Å². The van der Waals surface area contributed by atoms with E-state index in [9.17, 15) is 54.3 Å². The molecular weight excluding hydrogens is 917 g/mol. The number of nitrogens with zero attached hydrogens (tertiary/aromatic N) is 3. The summed E-state index contributed by atoms with van der Waals surface area (Å²) in [5, 5.41) is 19.6. The van der Waals surface area contributed by atoms with E-state index < -0.39 is 58.1 Å². The number of alkyl halides is 6. The van der Waals surface area contributed by atoms with Gasteiger partial charge in [-0.1, -0.05) is 77.8 Å². The number of carbonyl (C=O) groups excluding carboxylic acids is 3. The molecule has 1 heterocycles. The van der Waals surface area contributed by atoms with E-state index in [1.807, 2.05) is 0 Å². The SMILES string of the molecule is CN(CCCS(=O)(=O)c1cccc(-c2ccc(C3CC(C(O)(C(F)(F)F)C(F)(F)F)=NN3c3c(Cl)cccc3Cl)cc2)c1)C(=O)OCc1ccc(NC(=O)CCCCNC(N)=O)cc1. The normalized spacial score (nSPS) is 14.5. The monoisotopic (exact) mass is 958 g/mol. The van der Waals surface area contributed by atoms with Crippen LogP contribution in [0.4, 0.5) is 47.3 Å². The first kappa shape index (κ1) is 49.4. The van der Waals surface area contributed by atoms with Gasteiger partial charge in [0.2, 0.25) is 5.91 Å². The molecule has 0 bridgehead atoms. The predicted octanol–water partition coefficient (Wildman–Crippen LogP) is 9.03. The molecule has 4 aromatic carbocycles. The van der Waals surface area contributed by atoms with Crippen molar-refractivity contribution in [2.75, 3.05) is 36.2 Å². The van der Waals surface area contributed by atoms with Crippen molar-refractivity contribution in [2.45, 2.75) is 67.6 Å². The van der Waals surface area contributed by atoms with E-state index in [0.29, 0.717) is 41.8 Å². The number of nitrogens with one attached hydrogen (secondary N) is 2. The lowest BCUT2D eigenvalue weighted by atomic mass is 9.89. The molecule has 1 atom stereocenters. The van der Waals surface area contributed by atoms with Gasteiger partial charge in [0.25, 0.3) is 5.60 Å². The fourth-order valence-corrected chi connectivity index (χ4v) is 8.55. The zero-order valence-corrected chi connectivity index (χ0v) is 36.2. The lowest BCUT2D eigenvalue weighted by Gasteiger charge is -2.32. The third-order valence-corrected chi connectivity index (χ3v) is 12.5. The quantitative estimate of drug-likeness (QED) is 0.0597. The van der Waals surface area contributed by atoms with Crippen LogP contribution in [0.1, 0.15) is 49.3 Å². The molecule has 1 aliphatic rings. The van der Waals surface area contributed by atoms with Crippen LogP contribution in [-0.4, -0.2) is 86.0 Å². The highest BCUT2D eigenvalue weighted by molar-refractivity contribution is 7.91. The fraction of sp³-hybridized carbons (Fsp3) is 0.333. The maximum absolute atomic E-state index is 13.9. The smallest absolute Gasteiger partial charge is 0.431 e. The van der Waals surface area contributed by atoms with Crippen LogP contribution in [0.5, 0.6) is 0 Å². The lowest BCUT2D eigenvalue weighted by Crippen LogP contribution is -2.62. The highest BCUT2D eigenvalue weighted by Crippen LogP contribution is 2.50. The van der Waals surface area contributed by atoms with E-state index in [2.05, 4.69) is 15.7 Å². The van der Waals surface area contributed by atoms with Crippen LogP contribution in [0.15, 0.2) is 101 Å². The number of hydrogen-bond acceptors (Lipinski definition) is 9. The first-order valence-corrected chi connectivity index (χ1v) is 21.8. The van der Waals surface area contributed by atoms with Gasteiger partial charge in [-0.05, 0) is 77.9 Å². The topological polar surface area (TPSA) is 184 Å². The summed E-state index contributed by atoms with van der Waals surface area (Å²) in [6, 6.07) is 20.5. The van der Waals surface area contributed by atoms with Crippen LogP contribution < -0.4 is 21.4 Å². The number of ether oxygens (including phenoxy) is 1. The van der Waals surface area contributed by atoms with Crippen LogP contribution in [0.3, 0.4) is 0 Å². The molecule has 5 rings (SSSR count). The summed E-state index contributed by atoms with van der Waals surface area (Å²) < 4.78 is 116. The number of hydrogen-bond donors (Lipinski definition) is 4. The first-order chi connectivity index (χ1) is 30.0. The highest BCUT2D eigenvalue weighted by Gasteiger charge is 2.74. The third-order valence-electron chi connectivity index (χ3n) is 10.1. The van der Waals surface area contributed by atoms with E-state index in [-0.39, 0.29) is 63.8 Å². The Balaban J connectivity index is 1.18. The number of rotatable bonds is 17. The molecule has 0 saturated heterocycles. The average Bonchev–Trinajstić information content (AvgIpc) is 3.67. The Kier molecular flexibility index (Phi) is 15.8. The fourth-order valence-electron chi connectivity index (χ4n) is 6.64. The summed E-state index contributed by atoms with van der Waals surface area (Å²) in [5.41, 5.74) is 0.155. The van der Waals surface area contributed by atoms with Gasteiger partial charge in [0.05, 0.1) is 38.1 Å². The zero-order chi connectivity index (χ0) is 47.0. The van der Waals surface area contributed by atoms with Crippen molar-refractivity contribution in [3.63, 3.8) is 0 Å². The van der Waals surface area contributed by atoms with Crippen molar-refractivity contribution >= 4 is 68.2 Å². The standard InChI is InChI=1S/C42H42Cl2F6N6O7S/c1-55(39(59)63-25-26-12-18-30(19-13-26)53-36(57)11-2-3-20-52-38(51)58)21-6-22-64(61,62)31-8-4-7-29(23-31)27-14-16-28(17-15-27)34-24-35(40(60,41(45,46)47)42(48,49)50)54-56(34)37-32(43)9-5-10-33(37)44/h4-5,7-10,12-19,23,34,60H,2-3,6,11,20-22,24-25H2,1H3,(H,53,57)(H3,51,52,58). The second kappa shape index (κ2) is 20.5. The molecule has 0 aliphatic carbocycles. The Hall–Kier alpha value is -5.57. The number of sulfone groups is 1. The van der Waals surface area contributed by atoms with Gasteiger partial charge in [0.15, 0.2) is 9.84 Å². The molecule has 0 spiro atoms. The second-order valence-electron chi connectivity index (χ2n) is 14.7. The van der Waals surface area contributed by atoms with E-state index in [1.54, 1.807) is 30.3 Å². The number of para-hydroxylation sites is 1. The molecule has 4 amide bonds. The Morgan fingerprint density at radius 3 is 2.12 bits per heavy atom. The minimum absolute atomic E-state index is 0.0368. The Morgan fingerprint density at radius 1 is 0.891 bits per heavy atom. The van der Waals surface area contributed by atoms with Gasteiger partial charge in [-0.3, -0.25) is 9.80 Å². The van der Waals surface area contributed by atoms with Gasteiger partial charge < -0.3 is 31.1 Å². The van der Waals surface area contributed by atoms with Crippen molar-refractivity contribution < 1.29 is 59.0 Å². The van der Waals surface area contributed by atoms with E-state index in [1.165, 1.54) is 72.6 Å². The Bertz CT molecular complexity index is 2420. The molecule has 22 heteroatoms. The molecule has 4 aromatic rings. The molecule has 1 aliphatic heterocycles. The number of benzene rings is 4. The number of carbonyl (C=O) groups is 3. The van der Waals surface area contributed by atoms with Crippen LogP contribution in [0.25, 0.3) is 11.1 Å². The third kappa shape index (κ3) is 12.0. The molecule has 5 N–H and O–H groups in total. The molecule has 64 heavy (non-hydrogen) atoms. The number of urea groups is 1. The maximum Gasteiger partial charge on any atom is 0.431 e. The van der Waals surface area contributed by atoms with E-state index >= 15 is 0 Å². The minimum atomic E-state index is -6.18. The highest BCUT2D eigenvalue weighted by atomic mass is 35.5. The van der Waals surface area contributed by atoms with Crippen molar-refractivity contribution in [2.24, 2.45) is 10.8 Å². The molecule has 344 valence electrons. The largest absolute Gasteiger partial charge is 0.445 e. The van der Waals surface area contributed by atoms with Crippen LogP contribution in [-0.2, 0) is 26.0 Å². The van der Waals surface area contributed by atoms with Gasteiger partial charge in [-0.15, -0.1) is 0 Å². The van der Waals surface area contributed by atoms with Gasteiger partial charge in [0.1, 0.15) is 6.61 Å². The van der Waals surface area contributed by atoms with Crippen molar-refractivity contribution in [3.8, 4) is 11.1 Å². The van der Waals surface area contributed by atoms with Crippen LogP contribution in [0, 0.1) is 0 Å². The first-order valence-electron chi connectivity index (χ1n) is 19.4. The molecular formula is C42H42Cl2F6N6O7S. The summed E-state index contributed by atoms with van der Waals surface area (Å²) in [4.78, 5) is 36.7. The van der Waals surface area contributed by atoms with E-state index in [4.69, 9.17) is 33.7 Å². The van der Waals surface area contributed by atoms with Gasteiger partial charge >= 0.3 is 24.5 Å². The minimum Gasteiger partial charge on any atom is -0.445 e. The summed E-state index contributed by atoms with van der Waals surface area (Å²) in [5.74, 6) is -0.545. The number of nitrogens with two attached hydrogens (primary N) is 1. The average molecular weight is 960 g/mol. The maximum atomic E-state index is 13.9. The summed E-state index contributed by atoms with van der Waals surface area (Å²) in [6.07, 6.45) is -12.6. The molecule has 0 saturated carbocycles. The number of aliphatic hydroxyl groups is 1. The van der Waals surface area contributed by atoms with Gasteiger partial charge in [0, 0.05) is 38.7 Å². The number of amides is 4. The second-order valence-corrected chi connectivity index (χ2v) is 17.6. The lowest BCUT2D eigenvalue weighted by molar-refractivity contribution is -0.338. The van der Waals surface area contributed by atoms with Gasteiger partial charge in [-0.2, -0.15) is 31.4 Å². The number of anilines is 2. The zero-order valence-electron chi connectivity index (χ0n) is 33.8.